The predicted octanol–water partition coefficient (Wildman–Crippen LogP) is 3.36. The van der Waals surface area contributed by atoms with E-state index in [1.165, 1.54) is 0 Å². The second-order valence-corrected chi connectivity index (χ2v) is 10.0. The van der Waals surface area contributed by atoms with Gasteiger partial charge in [-0.1, -0.05) is 59.7 Å². The van der Waals surface area contributed by atoms with E-state index < -0.39 is 14.2 Å². The molecule has 1 rings (SSSR count). The molecule has 0 saturated heterocycles. The van der Waals surface area contributed by atoms with E-state index in [2.05, 4.69) is 47.0 Å². The van der Waals surface area contributed by atoms with Crippen LogP contribution in [0, 0.1) is 11.5 Å². The fourth-order valence-electron chi connectivity index (χ4n) is 1.06. The number of rotatable bonds is 1. The first-order valence-electron chi connectivity index (χ1n) is 4.85. The molecule has 0 heterocycles. The Kier molecular flexibility index (Phi) is 4.15. The van der Waals surface area contributed by atoms with Crippen molar-refractivity contribution < 1.29 is 5.11 Å². The van der Waals surface area contributed by atoms with Crippen LogP contribution in [0.3, 0.4) is 0 Å². The molecular formula is C12H15BrOSi. The molecule has 0 aliphatic rings. The van der Waals surface area contributed by atoms with Gasteiger partial charge in [-0.05, 0) is 6.07 Å². The Labute approximate surface area is 101 Å². The van der Waals surface area contributed by atoms with Crippen molar-refractivity contribution in [2.45, 2.75) is 25.7 Å². The van der Waals surface area contributed by atoms with E-state index in [1.807, 2.05) is 24.3 Å². The zero-order chi connectivity index (χ0) is 11.5. The Balaban J connectivity index is 2.90. The van der Waals surface area contributed by atoms with Gasteiger partial charge in [0.15, 0.2) is 0 Å². The average molecular weight is 283 g/mol. The highest BCUT2D eigenvalue weighted by Gasteiger charge is 2.11. The fourth-order valence-corrected chi connectivity index (χ4v) is 2.13. The summed E-state index contributed by atoms with van der Waals surface area (Å²) >= 11 is 3.40. The largest absolute Gasteiger partial charge is 0.376 e. The van der Waals surface area contributed by atoms with Crippen molar-refractivity contribution in [2.75, 3.05) is 0 Å². The third-order valence-electron chi connectivity index (χ3n) is 1.78. The van der Waals surface area contributed by atoms with Gasteiger partial charge in [0.25, 0.3) is 0 Å². The number of hydrogen-bond donors (Lipinski definition) is 1. The zero-order valence-corrected chi connectivity index (χ0v) is 11.8. The molecule has 0 spiro atoms. The number of hydrogen-bond acceptors (Lipinski definition) is 1. The predicted molar refractivity (Wildman–Crippen MR) is 70.2 cm³/mol. The van der Waals surface area contributed by atoms with Gasteiger partial charge in [-0.25, -0.2) is 0 Å². The molecule has 15 heavy (non-hydrogen) atoms. The monoisotopic (exact) mass is 282 g/mol. The minimum atomic E-state index is -1.41. The van der Waals surface area contributed by atoms with Crippen molar-refractivity contribution in [2.24, 2.45) is 0 Å². The standard InChI is InChI=1S/C12H15BrOSi/c1-15(2,3)9-8-12(14)10-6-4-5-7-11(10)13/h4-7,12,14H,1-3H3. The lowest BCUT2D eigenvalue weighted by atomic mass is 10.1. The number of aliphatic hydroxyl groups is 1. The first-order valence-corrected chi connectivity index (χ1v) is 9.14. The van der Waals surface area contributed by atoms with Crippen molar-refractivity contribution in [1.29, 1.82) is 0 Å². The van der Waals surface area contributed by atoms with Gasteiger partial charge in [0.05, 0.1) is 0 Å². The number of halogens is 1. The molecule has 1 unspecified atom stereocenters. The topological polar surface area (TPSA) is 20.2 Å². The summed E-state index contributed by atoms with van der Waals surface area (Å²) in [5.74, 6) is 2.92. The van der Waals surface area contributed by atoms with E-state index in [-0.39, 0.29) is 0 Å². The molecule has 0 fully saturated rings. The molecule has 0 amide bonds. The summed E-state index contributed by atoms with van der Waals surface area (Å²) in [7, 11) is -1.41. The summed E-state index contributed by atoms with van der Waals surface area (Å²) in [5, 5.41) is 9.88. The first-order chi connectivity index (χ1) is 6.90. The molecule has 1 aromatic rings. The highest BCUT2D eigenvalue weighted by molar-refractivity contribution is 9.10. The summed E-state index contributed by atoms with van der Waals surface area (Å²) in [6.07, 6.45) is -0.688. The zero-order valence-electron chi connectivity index (χ0n) is 9.21. The van der Waals surface area contributed by atoms with Crippen molar-refractivity contribution in [3.05, 3.63) is 34.3 Å². The third-order valence-corrected chi connectivity index (χ3v) is 3.40. The minimum absolute atomic E-state index is 0.688. The second-order valence-electron chi connectivity index (χ2n) is 4.44. The molecule has 1 N–H and O–H groups in total. The van der Waals surface area contributed by atoms with Crippen LogP contribution in [0.4, 0.5) is 0 Å². The fraction of sp³-hybridized carbons (Fsp3) is 0.333. The molecular weight excluding hydrogens is 268 g/mol. The molecule has 1 aromatic carbocycles. The molecule has 3 heteroatoms. The molecule has 0 bridgehead atoms. The van der Waals surface area contributed by atoms with Gasteiger partial charge in [0, 0.05) is 10.0 Å². The van der Waals surface area contributed by atoms with Crippen molar-refractivity contribution in [3.8, 4) is 11.5 Å². The third kappa shape index (κ3) is 4.21. The summed E-state index contributed by atoms with van der Waals surface area (Å²) < 4.78 is 0.905. The van der Waals surface area contributed by atoms with Crippen LogP contribution in [0.25, 0.3) is 0 Å². The Morgan fingerprint density at radius 2 is 1.87 bits per heavy atom. The van der Waals surface area contributed by atoms with E-state index in [1.54, 1.807) is 0 Å². The summed E-state index contributed by atoms with van der Waals surface area (Å²) in [4.78, 5) is 0. The Bertz CT molecular complexity index is 398. The summed E-state index contributed by atoms with van der Waals surface area (Å²) in [6.45, 7) is 6.48. The van der Waals surface area contributed by atoms with E-state index in [9.17, 15) is 5.11 Å². The molecule has 0 aliphatic heterocycles. The maximum absolute atomic E-state index is 9.88. The Morgan fingerprint density at radius 1 is 1.27 bits per heavy atom. The molecule has 0 aliphatic carbocycles. The Hall–Kier alpha value is -0.563. The van der Waals surface area contributed by atoms with Gasteiger partial charge < -0.3 is 5.11 Å². The first kappa shape index (κ1) is 12.5. The molecule has 80 valence electrons. The van der Waals surface area contributed by atoms with Gasteiger partial charge >= 0.3 is 0 Å². The van der Waals surface area contributed by atoms with E-state index in [0.717, 1.165) is 10.0 Å². The lowest BCUT2D eigenvalue weighted by Crippen LogP contribution is -2.16. The second kappa shape index (κ2) is 4.98. The maximum atomic E-state index is 9.88. The molecule has 1 atom stereocenters. The highest BCUT2D eigenvalue weighted by Crippen LogP contribution is 2.22. The van der Waals surface area contributed by atoms with Gasteiger partial charge in [-0.3, -0.25) is 0 Å². The molecule has 0 saturated carbocycles. The van der Waals surface area contributed by atoms with Crippen LogP contribution in [0.2, 0.25) is 19.6 Å². The smallest absolute Gasteiger partial charge is 0.140 e. The lowest BCUT2D eigenvalue weighted by Gasteiger charge is -2.08. The van der Waals surface area contributed by atoms with E-state index in [4.69, 9.17) is 0 Å². The van der Waals surface area contributed by atoms with E-state index in [0.29, 0.717) is 0 Å². The van der Waals surface area contributed by atoms with Gasteiger partial charge in [0.2, 0.25) is 0 Å². The normalized spacial score (nSPS) is 12.9. The van der Waals surface area contributed by atoms with Crippen LogP contribution in [0.15, 0.2) is 28.7 Å². The van der Waals surface area contributed by atoms with Crippen molar-refractivity contribution in [1.82, 2.24) is 0 Å². The lowest BCUT2D eigenvalue weighted by molar-refractivity contribution is 0.237. The minimum Gasteiger partial charge on any atom is -0.376 e. The number of benzene rings is 1. The average Bonchev–Trinajstić information content (AvgIpc) is 2.14. The van der Waals surface area contributed by atoms with Crippen LogP contribution >= 0.6 is 15.9 Å². The van der Waals surface area contributed by atoms with Crippen LogP contribution in [-0.2, 0) is 0 Å². The van der Waals surface area contributed by atoms with Crippen LogP contribution in [-0.4, -0.2) is 13.2 Å². The highest BCUT2D eigenvalue weighted by atomic mass is 79.9. The van der Waals surface area contributed by atoms with Gasteiger partial charge in [0.1, 0.15) is 14.2 Å². The van der Waals surface area contributed by atoms with Crippen LogP contribution in [0.5, 0.6) is 0 Å². The summed E-state index contributed by atoms with van der Waals surface area (Å²) in [6, 6.07) is 7.62. The molecule has 1 nitrogen and oxygen atoms in total. The van der Waals surface area contributed by atoms with Crippen molar-refractivity contribution in [3.63, 3.8) is 0 Å². The number of aliphatic hydroxyl groups excluding tert-OH is 1. The van der Waals surface area contributed by atoms with Crippen LogP contribution in [0.1, 0.15) is 11.7 Å². The Morgan fingerprint density at radius 3 is 2.40 bits per heavy atom. The molecule has 0 aromatic heterocycles. The SMILES string of the molecule is C[Si](C)(C)C#CC(O)c1ccccc1Br. The van der Waals surface area contributed by atoms with Gasteiger partial charge in [-0.15, -0.1) is 5.54 Å². The van der Waals surface area contributed by atoms with Gasteiger partial charge in [-0.2, -0.15) is 0 Å². The maximum Gasteiger partial charge on any atom is 0.140 e. The van der Waals surface area contributed by atoms with Crippen LogP contribution < -0.4 is 0 Å². The van der Waals surface area contributed by atoms with Crippen molar-refractivity contribution >= 4 is 24.0 Å². The quantitative estimate of drug-likeness (QED) is 0.619. The molecule has 0 radical (unpaired) electrons. The summed E-state index contributed by atoms with van der Waals surface area (Å²) in [5.41, 5.74) is 4.00. The van der Waals surface area contributed by atoms with E-state index >= 15 is 0 Å².